The molecule has 5 nitrogen and oxygen atoms in total. The molecule has 17 heavy (non-hydrogen) atoms. The number of aromatic nitrogens is 3. The number of rotatable bonds is 1. The zero-order valence-electron chi connectivity index (χ0n) is 8.88. The summed E-state index contributed by atoms with van der Waals surface area (Å²) in [4.78, 5) is 11.6. The summed E-state index contributed by atoms with van der Waals surface area (Å²) in [6, 6.07) is 10.4. The smallest absolute Gasteiger partial charge is 0.180 e. The van der Waals surface area contributed by atoms with Crippen LogP contribution in [0.2, 0.25) is 0 Å². The molecule has 0 atom stereocenters. The quantitative estimate of drug-likeness (QED) is 0.591. The van der Waals surface area contributed by atoms with Crippen LogP contribution in [0.25, 0.3) is 22.6 Å². The summed E-state index contributed by atoms with van der Waals surface area (Å²) >= 11 is 0. The van der Waals surface area contributed by atoms with E-state index in [9.17, 15) is 5.11 Å². The molecule has 2 aromatic heterocycles. The van der Waals surface area contributed by atoms with Crippen LogP contribution >= 0.6 is 0 Å². The molecule has 0 amide bonds. The van der Waals surface area contributed by atoms with Crippen molar-refractivity contribution in [3.8, 4) is 17.1 Å². The standard InChI is InChI=1S/C12H10N4O/c13-10-5-4-9-12(15-10)16-11(14-9)7-2-1-3-8(17)6-7/h1-6,17H,(H3,13,14,15,16). The summed E-state index contributed by atoms with van der Waals surface area (Å²) in [5.41, 5.74) is 7.79. The number of benzene rings is 1. The Bertz CT molecular complexity index is 690. The van der Waals surface area contributed by atoms with Crippen molar-refractivity contribution in [2.45, 2.75) is 0 Å². The van der Waals surface area contributed by atoms with E-state index in [-0.39, 0.29) is 5.75 Å². The molecule has 0 saturated heterocycles. The van der Waals surface area contributed by atoms with Gasteiger partial charge < -0.3 is 15.8 Å². The van der Waals surface area contributed by atoms with E-state index in [1.807, 2.05) is 12.1 Å². The maximum absolute atomic E-state index is 9.42. The number of nitrogen functional groups attached to an aromatic ring is 1. The summed E-state index contributed by atoms with van der Waals surface area (Å²) < 4.78 is 0. The fourth-order valence-corrected chi connectivity index (χ4v) is 1.70. The van der Waals surface area contributed by atoms with E-state index < -0.39 is 0 Å². The van der Waals surface area contributed by atoms with Gasteiger partial charge >= 0.3 is 0 Å². The van der Waals surface area contributed by atoms with Gasteiger partial charge in [0, 0.05) is 5.56 Å². The summed E-state index contributed by atoms with van der Waals surface area (Å²) in [7, 11) is 0. The van der Waals surface area contributed by atoms with E-state index in [1.165, 1.54) is 0 Å². The first-order chi connectivity index (χ1) is 8.22. The van der Waals surface area contributed by atoms with Crippen molar-refractivity contribution in [2.24, 2.45) is 0 Å². The topological polar surface area (TPSA) is 87.8 Å². The highest BCUT2D eigenvalue weighted by molar-refractivity contribution is 5.77. The Morgan fingerprint density at radius 3 is 2.82 bits per heavy atom. The van der Waals surface area contributed by atoms with Crippen molar-refractivity contribution in [2.75, 3.05) is 5.73 Å². The summed E-state index contributed by atoms with van der Waals surface area (Å²) in [5, 5.41) is 9.42. The average molecular weight is 226 g/mol. The fourth-order valence-electron chi connectivity index (χ4n) is 1.70. The van der Waals surface area contributed by atoms with E-state index in [1.54, 1.807) is 24.3 Å². The minimum Gasteiger partial charge on any atom is -0.508 e. The Morgan fingerprint density at radius 2 is 2.00 bits per heavy atom. The zero-order valence-corrected chi connectivity index (χ0v) is 8.88. The summed E-state index contributed by atoms with van der Waals surface area (Å²) in [6.45, 7) is 0. The van der Waals surface area contributed by atoms with Crippen LogP contribution in [-0.4, -0.2) is 20.1 Å². The van der Waals surface area contributed by atoms with Crippen LogP contribution in [0.5, 0.6) is 5.75 Å². The number of phenols is 1. The molecule has 0 aliphatic heterocycles. The number of aromatic amines is 1. The zero-order chi connectivity index (χ0) is 11.8. The van der Waals surface area contributed by atoms with Gasteiger partial charge in [-0.25, -0.2) is 9.97 Å². The SMILES string of the molecule is Nc1ccc2[nH]c(-c3cccc(O)c3)nc2n1. The molecule has 3 rings (SSSR count). The maximum Gasteiger partial charge on any atom is 0.180 e. The third-order valence-corrected chi connectivity index (χ3v) is 2.49. The van der Waals surface area contributed by atoms with Gasteiger partial charge in [0.15, 0.2) is 5.65 Å². The normalized spacial score (nSPS) is 10.8. The van der Waals surface area contributed by atoms with Crippen molar-refractivity contribution >= 4 is 17.0 Å². The lowest BCUT2D eigenvalue weighted by molar-refractivity contribution is 0.475. The van der Waals surface area contributed by atoms with E-state index in [0.29, 0.717) is 17.3 Å². The number of nitrogens with zero attached hydrogens (tertiary/aromatic N) is 2. The van der Waals surface area contributed by atoms with Crippen LogP contribution in [-0.2, 0) is 0 Å². The molecular formula is C12H10N4O. The molecule has 3 aromatic rings. The van der Waals surface area contributed by atoms with Gasteiger partial charge in [-0.15, -0.1) is 0 Å². The number of hydrogen-bond acceptors (Lipinski definition) is 4. The number of pyridine rings is 1. The number of imidazole rings is 1. The van der Waals surface area contributed by atoms with Gasteiger partial charge in [0.25, 0.3) is 0 Å². The molecule has 0 unspecified atom stereocenters. The minimum absolute atomic E-state index is 0.204. The van der Waals surface area contributed by atoms with Gasteiger partial charge in [-0.2, -0.15) is 0 Å². The highest BCUT2D eigenvalue weighted by Gasteiger charge is 2.06. The lowest BCUT2D eigenvalue weighted by Crippen LogP contribution is -1.88. The predicted octanol–water partition coefficient (Wildman–Crippen LogP) is 1.91. The molecule has 0 saturated carbocycles. The third-order valence-electron chi connectivity index (χ3n) is 2.49. The highest BCUT2D eigenvalue weighted by atomic mass is 16.3. The third kappa shape index (κ3) is 1.67. The lowest BCUT2D eigenvalue weighted by Gasteiger charge is -1.96. The van der Waals surface area contributed by atoms with Crippen molar-refractivity contribution in [1.29, 1.82) is 0 Å². The van der Waals surface area contributed by atoms with Crippen LogP contribution in [0.1, 0.15) is 0 Å². The van der Waals surface area contributed by atoms with Gasteiger partial charge in [-0.1, -0.05) is 12.1 Å². The van der Waals surface area contributed by atoms with Crippen molar-refractivity contribution in [3.05, 3.63) is 36.4 Å². The first kappa shape index (κ1) is 9.65. The van der Waals surface area contributed by atoms with E-state index in [4.69, 9.17) is 5.73 Å². The van der Waals surface area contributed by atoms with Crippen LogP contribution < -0.4 is 5.73 Å². The highest BCUT2D eigenvalue weighted by Crippen LogP contribution is 2.22. The Labute approximate surface area is 97.0 Å². The van der Waals surface area contributed by atoms with Gasteiger partial charge in [-0.3, -0.25) is 0 Å². The molecule has 0 bridgehead atoms. The number of H-pyrrole nitrogens is 1. The first-order valence-corrected chi connectivity index (χ1v) is 5.14. The van der Waals surface area contributed by atoms with Gasteiger partial charge in [-0.05, 0) is 24.3 Å². The Morgan fingerprint density at radius 1 is 1.12 bits per heavy atom. The number of nitrogens with two attached hydrogens (primary N) is 1. The molecule has 1 aromatic carbocycles. The monoisotopic (exact) mass is 226 g/mol. The summed E-state index contributed by atoms with van der Waals surface area (Å²) in [6.07, 6.45) is 0. The molecule has 5 heteroatoms. The number of fused-ring (bicyclic) bond motifs is 1. The van der Waals surface area contributed by atoms with Crippen LogP contribution in [0.15, 0.2) is 36.4 Å². The maximum atomic E-state index is 9.42. The van der Waals surface area contributed by atoms with Gasteiger partial charge in [0.2, 0.25) is 0 Å². The molecule has 0 aliphatic carbocycles. The molecular weight excluding hydrogens is 216 g/mol. The minimum atomic E-state index is 0.204. The molecule has 0 fully saturated rings. The number of hydrogen-bond donors (Lipinski definition) is 3. The number of aromatic hydroxyl groups is 1. The lowest BCUT2D eigenvalue weighted by atomic mass is 10.2. The Hall–Kier alpha value is -2.56. The van der Waals surface area contributed by atoms with Crippen molar-refractivity contribution in [1.82, 2.24) is 15.0 Å². The van der Waals surface area contributed by atoms with Gasteiger partial charge in [0.1, 0.15) is 17.4 Å². The van der Waals surface area contributed by atoms with Crippen LogP contribution in [0.4, 0.5) is 5.82 Å². The molecule has 0 spiro atoms. The average Bonchev–Trinajstić information content (AvgIpc) is 2.72. The molecule has 0 aliphatic rings. The number of anilines is 1. The molecule has 4 N–H and O–H groups in total. The Balaban J connectivity index is 2.18. The summed E-state index contributed by atoms with van der Waals surface area (Å²) in [5.74, 6) is 1.30. The van der Waals surface area contributed by atoms with Crippen LogP contribution in [0.3, 0.4) is 0 Å². The van der Waals surface area contributed by atoms with Crippen molar-refractivity contribution < 1.29 is 5.11 Å². The second-order valence-electron chi connectivity index (χ2n) is 3.74. The number of nitrogens with one attached hydrogen (secondary N) is 1. The van der Waals surface area contributed by atoms with E-state index >= 15 is 0 Å². The van der Waals surface area contributed by atoms with Crippen molar-refractivity contribution in [3.63, 3.8) is 0 Å². The van der Waals surface area contributed by atoms with E-state index in [2.05, 4.69) is 15.0 Å². The van der Waals surface area contributed by atoms with Crippen LogP contribution in [0, 0.1) is 0 Å². The molecule has 84 valence electrons. The molecule has 2 heterocycles. The Kier molecular flexibility index (Phi) is 1.98. The second kappa shape index (κ2) is 3.48. The van der Waals surface area contributed by atoms with E-state index in [0.717, 1.165) is 11.1 Å². The fraction of sp³-hybridized carbons (Fsp3) is 0. The first-order valence-electron chi connectivity index (χ1n) is 5.14. The predicted molar refractivity (Wildman–Crippen MR) is 65.4 cm³/mol. The molecule has 0 radical (unpaired) electrons. The largest absolute Gasteiger partial charge is 0.508 e. The second-order valence-corrected chi connectivity index (χ2v) is 3.74. The number of phenolic OH excluding ortho intramolecular Hbond substituents is 1. The van der Waals surface area contributed by atoms with Gasteiger partial charge in [0.05, 0.1) is 5.52 Å².